The van der Waals surface area contributed by atoms with Crippen LogP contribution in [0.15, 0.2) is 48.9 Å². The number of halogens is 2. The topological polar surface area (TPSA) is 72.0 Å². The third-order valence-corrected chi connectivity index (χ3v) is 4.24. The van der Waals surface area contributed by atoms with Crippen LogP contribution in [-0.2, 0) is 4.74 Å². The van der Waals surface area contributed by atoms with Gasteiger partial charge in [0.25, 0.3) is 0 Å². The highest BCUT2D eigenvalue weighted by Gasteiger charge is 2.10. The number of hydrogen-bond acceptors (Lipinski definition) is 6. The van der Waals surface area contributed by atoms with Crippen molar-refractivity contribution in [1.82, 2.24) is 15.0 Å². The largest absolute Gasteiger partial charge is 0.385 e. The van der Waals surface area contributed by atoms with Crippen molar-refractivity contribution in [3.8, 4) is 11.3 Å². The second-order valence-corrected chi connectivity index (χ2v) is 6.55. The number of hydrogen-bond donors (Lipinski definition) is 2. The lowest BCUT2D eigenvalue weighted by Crippen LogP contribution is -2.05. The molecule has 8 heteroatoms. The number of rotatable bonds is 8. The summed E-state index contributed by atoms with van der Waals surface area (Å²) in [6.45, 7) is 1.47. The van der Waals surface area contributed by atoms with E-state index in [-0.39, 0.29) is 0 Å². The van der Waals surface area contributed by atoms with Crippen molar-refractivity contribution in [2.24, 2.45) is 0 Å². The molecule has 0 fully saturated rings. The minimum Gasteiger partial charge on any atom is -0.385 e. The molecule has 1 aromatic carbocycles. The molecule has 0 aliphatic rings. The number of anilines is 3. The normalized spacial score (nSPS) is 10.6. The molecule has 0 spiro atoms. The van der Waals surface area contributed by atoms with E-state index in [1.165, 1.54) is 0 Å². The van der Waals surface area contributed by atoms with E-state index in [0.717, 1.165) is 24.3 Å². The minimum absolute atomic E-state index is 0.367. The molecule has 2 heterocycles. The van der Waals surface area contributed by atoms with E-state index in [4.69, 9.17) is 27.9 Å². The molecule has 0 amide bonds. The lowest BCUT2D eigenvalue weighted by molar-refractivity contribution is 0.198. The standard InChI is InChI=1S/C19H19Cl2N5O/c1-27-7-3-6-23-15-9-16(19(21)24-10-15)17-11-22-12-18(26-17)25-14-5-2-4-13(20)8-14/h2,4-5,8-12,23H,3,6-7H2,1H3,(H,25,26). The Morgan fingerprint density at radius 1 is 1.07 bits per heavy atom. The summed E-state index contributed by atoms with van der Waals surface area (Å²) < 4.78 is 5.05. The molecule has 2 aromatic heterocycles. The Hall–Kier alpha value is -2.41. The second kappa shape index (κ2) is 9.50. The van der Waals surface area contributed by atoms with E-state index in [0.29, 0.717) is 33.9 Å². The number of ether oxygens (including phenoxy) is 1. The molecule has 2 N–H and O–H groups in total. The maximum absolute atomic E-state index is 6.28. The van der Waals surface area contributed by atoms with Gasteiger partial charge in [0, 0.05) is 36.5 Å². The van der Waals surface area contributed by atoms with Crippen LogP contribution in [0.1, 0.15) is 6.42 Å². The minimum atomic E-state index is 0.367. The summed E-state index contributed by atoms with van der Waals surface area (Å²) in [6, 6.07) is 9.30. The predicted molar refractivity (Wildman–Crippen MR) is 110 cm³/mol. The summed E-state index contributed by atoms with van der Waals surface area (Å²) in [5.74, 6) is 0.587. The zero-order valence-corrected chi connectivity index (χ0v) is 16.3. The van der Waals surface area contributed by atoms with E-state index in [2.05, 4.69) is 25.6 Å². The first kappa shape index (κ1) is 19.4. The van der Waals surface area contributed by atoms with Crippen molar-refractivity contribution in [2.75, 3.05) is 30.9 Å². The Bertz CT molecular complexity index is 907. The molecule has 0 radical (unpaired) electrons. The number of benzene rings is 1. The summed E-state index contributed by atoms with van der Waals surface area (Å²) >= 11 is 12.3. The Labute approximate surface area is 167 Å². The summed E-state index contributed by atoms with van der Waals surface area (Å²) in [7, 11) is 1.69. The van der Waals surface area contributed by atoms with Crippen molar-refractivity contribution >= 4 is 40.4 Å². The van der Waals surface area contributed by atoms with Crippen molar-refractivity contribution in [2.45, 2.75) is 6.42 Å². The van der Waals surface area contributed by atoms with Gasteiger partial charge in [-0.2, -0.15) is 0 Å². The first-order valence-corrected chi connectivity index (χ1v) is 9.14. The van der Waals surface area contributed by atoms with Gasteiger partial charge in [0.05, 0.1) is 30.0 Å². The molecule has 0 aliphatic carbocycles. The molecule has 0 bridgehead atoms. The van der Waals surface area contributed by atoms with E-state index in [9.17, 15) is 0 Å². The van der Waals surface area contributed by atoms with Crippen LogP contribution in [0.4, 0.5) is 17.2 Å². The van der Waals surface area contributed by atoms with Gasteiger partial charge in [-0.3, -0.25) is 4.98 Å². The van der Waals surface area contributed by atoms with Gasteiger partial charge in [0.2, 0.25) is 0 Å². The number of aromatic nitrogens is 3. The van der Waals surface area contributed by atoms with Gasteiger partial charge in [0.15, 0.2) is 0 Å². The Morgan fingerprint density at radius 3 is 2.78 bits per heavy atom. The van der Waals surface area contributed by atoms with Crippen LogP contribution in [0.5, 0.6) is 0 Å². The average molecular weight is 404 g/mol. The number of nitrogens with one attached hydrogen (secondary N) is 2. The third-order valence-electron chi connectivity index (χ3n) is 3.70. The SMILES string of the molecule is COCCCNc1cnc(Cl)c(-c2cncc(Nc3cccc(Cl)c3)n2)c1. The maximum atomic E-state index is 6.28. The van der Waals surface area contributed by atoms with E-state index < -0.39 is 0 Å². The van der Waals surface area contributed by atoms with Gasteiger partial charge >= 0.3 is 0 Å². The first-order valence-electron chi connectivity index (χ1n) is 8.39. The monoisotopic (exact) mass is 403 g/mol. The van der Waals surface area contributed by atoms with Crippen LogP contribution in [0.3, 0.4) is 0 Å². The summed E-state index contributed by atoms with van der Waals surface area (Å²) in [4.78, 5) is 13.1. The molecule has 0 aliphatic heterocycles. The van der Waals surface area contributed by atoms with Gasteiger partial charge in [0.1, 0.15) is 11.0 Å². The molecule has 3 aromatic rings. The van der Waals surface area contributed by atoms with Crippen molar-refractivity contribution < 1.29 is 4.74 Å². The molecule has 0 saturated heterocycles. The first-order chi connectivity index (χ1) is 13.2. The lowest BCUT2D eigenvalue weighted by atomic mass is 10.2. The zero-order valence-electron chi connectivity index (χ0n) is 14.7. The molecular weight excluding hydrogens is 385 g/mol. The maximum Gasteiger partial charge on any atom is 0.149 e. The fourth-order valence-electron chi connectivity index (χ4n) is 2.44. The molecule has 0 atom stereocenters. The van der Waals surface area contributed by atoms with E-state index in [1.807, 2.05) is 30.3 Å². The summed E-state index contributed by atoms with van der Waals surface area (Å²) in [5.41, 5.74) is 3.02. The van der Waals surface area contributed by atoms with E-state index >= 15 is 0 Å². The van der Waals surface area contributed by atoms with Crippen LogP contribution >= 0.6 is 23.2 Å². The van der Waals surface area contributed by atoms with Crippen LogP contribution in [0.2, 0.25) is 10.2 Å². The highest BCUT2D eigenvalue weighted by molar-refractivity contribution is 6.32. The Morgan fingerprint density at radius 2 is 1.96 bits per heavy atom. The van der Waals surface area contributed by atoms with Crippen LogP contribution < -0.4 is 10.6 Å². The van der Waals surface area contributed by atoms with Gasteiger partial charge in [-0.15, -0.1) is 0 Å². The number of pyridine rings is 1. The fourth-order valence-corrected chi connectivity index (χ4v) is 2.83. The number of methoxy groups -OCH3 is 1. The second-order valence-electron chi connectivity index (χ2n) is 5.76. The Kier molecular flexibility index (Phi) is 6.81. The molecule has 6 nitrogen and oxygen atoms in total. The van der Waals surface area contributed by atoms with Crippen LogP contribution in [0.25, 0.3) is 11.3 Å². The van der Waals surface area contributed by atoms with Crippen molar-refractivity contribution in [3.63, 3.8) is 0 Å². The van der Waals surface area contributed by atoms with Crippen molar-refractivity contribution in [3.05, 3.63) is 59.1 Å². The smallest absolute Gasteiger partial charge is 0.149 e. The highest BCUT2D eigenvalue weighted by Crippen LogP contribution is 2.28. The van der Waals surface area contributed by atoms with Gasteiger partial charge < -0.3 is 15.4 Å². The average Bonchev–Trinajstić information content (AvgIpc) is 2.67. The molecule has 140 valence electrons. The number of nitrogens with zero attached hydrogens (tertiary/aromatic N) is 3. The molecular formula is C19H19Cl2N5O. The van der Waals surface area contributed by atoms with Crippen LogP contribution in [0, 0.1) is 0 Å². The van der Waals surface area contributed by atoms with E-state index in [1.54, 1.807) is 25.7 Å². The van der Waals surface area contributed by atoms with Crippen molar-refractivity contribution in [1.29, 1.82) is 0 Å². The molecule has 27 heavy (non-hydrogen) atoms. The lowest BCUT2D eigenvalue weighted by Gasteiger charge is -2.10. The van der Waals surface area contributed by atoms with Gasteiger partial charge in [-0.25, -0.2) is 9.97 Å². The third kappa shape index (κ3) is 5.53. The molecule has 0 unspecified atom stereocenters. The van der Waals surface area contributed by atoms with Crippen LogP contribution in [-0.4, -0.2) is 35.2 Å². The predicted octanol–water partition coefficient (Wildman–Crippen LogP) is 5.04. The van der Waals surface area contributed by atoms with Gasteiger partial charge in [-0.05, 0) is 30.7 Å². The summed E-state index contributed by atoms with van der Waals surface area (Å²) in [6.07, 6.45) is 5.88. The summed E-state index contributed by atoms with van der Waals surface area (Å²) in [5, 5.41) is 7.49. The molecule has 0 saturated carbocycles. The fraction of sp³-hybridized carbons (Fsp3) is 0.211. The quantitative estimate of drug-likeness (QED) is 0.405. The van der Waals surface area contributed by atoms with Gasteiger partial charge in [-0.1, -0.05) is 29.3 Å². The highest BCUT2D eigenvalue weighted by atomic mass is 35.5. The Balaban J connectivity index is 1.79. The molecule has 3 rings (SSSR count). The zero-order chi connectivity index (χ0) is 19.1.